The van der Waals surface area contributed by atoms with E-state index in [4.69, 9.17) is 10.5 Å². The van der Waals surface area contributed by atoms with Crippen LogP contribution in [0, 0.1) is 5.92 Å². The zero-order valence-corrected chi connectivity index (χ0v) is 13.1. The lowest BCUT2D eigenvalue weighted by molar-refractivity contribution is 0.0520. The molecule has 0 bridgehead atoms. The van der Waals surface area contributed by atoms with Crippen LogP contribution in [-0.2, 0) is 4.74 Å². The van der Waals surface area contributed by atoms with E-state index in [-0.39, 0.29) is 6.09 Å². The first-order chi connectivity index (χ1) is 9.85. The first-order valence-corrected chi connectivity index (χ1v) is 7.41. The topological polar surface area (TPSA) is 67.6 Å². The van der Waals surface area contributed by atoms with Gasteiger partial charge in [0.15, 0.2) is 0 Å². The number of carbonyl (C=O) groups is 1. The molecule has 1 heterocycles. The van der Waals surface area contributed by atoms with Crippen molar-refractivity contribution >= 4 is 17.5 Å². The van der Waals surface area contributed by atoms with Gasteiger partial charge < -0.3 is 20.7 Å². The maximum atomic E-state index is 11.7. The molecule has 0 aromatic heterocycles. The summed E-state index contributed by atoms with van der Waals surface area (Å²) < 4.78 is 5.24. The minimum absolute atomic E-state index is 0.347. The van der Waals surface area contributed by atoms with Gasteiger partial charge in [-0.15, -0.1) is 0 Å². The van der Waals surface area contributed by atoms with Gasteiger partial charge in [-0.05, 0) is 45.2 Å². The lowest BCUT2D eigenvalue weighted by atomic mass is 10.1. The third kappa shape index (κ3) is 4.55. The van der Waals surface area contributed by atoms with Crippen LogP contribution in [0.5, 0.6) is 0 Å². The number of rotatable bonds is 3. The average molecular weight is 291 g/mol. The van der Waals surface area contributed by atoms with Crippen LogP contribution in [0.2, 0.25) is 0 Å². The second-order valence-corrected chi connectivity index (χ2v) is 6.54. The molecular formula is C16H25N3O2. The Hall–Kier alpha value is -1.91. The van der Waals surface area contributed by atoms with E-state index in [1.165, 1.54) is 0 Å². The summed E-state index contributed by atoms with van der Waals surface area (Å²) in [5.74, 6) is 0.428. The summed E-state index contributed by atoms with van der Waals surface area (Å²) in [6.45, 7) is 8.10. The van der Waals surface area contributed by atoms with Crippen molar-refractivity contribution in [1.82, 2.24) is 5.32 Å². The molecule has 1 aromatic rings. The van der Waals surface area contributed by atoms with Gasteiger partial charge in [-0.1, -0.05) is 12.1 Å². The fraction of sp³-hybridized carbons (Fsp3) is 0.562. The SMILES string of the molecule is CC(C)(C)OC(=O)NC[C@@H]1CCN(c2ccccc2N)C1. The predicted octanol–water partition coefficient (Wildman–Crippen LogP) is 2.62. The molecule has 116 valence electrons. The summed E-state index contributed by atoms with van der Waals surface area (Å²) in [4.78, 5) is 13.9. The molecule has 0 unspecified atom stereocenters. The number of alkyl carbamates (subject to hydrolysis) is 1. The second-order valence-electron chi connectivity index (χ2n) is 6.54. The van der Waals surface area contributed by atoms with E-state index in [1.54, 1.807) is 0 Å². The lowest BCUT2D eigenvalue weighted by Gasteiger charge is -2.22. The molecule has 21 heavy (non-hydrogen) atoms. The zero-order valence-electron chi connectivity index (χ0n) is 13.1. The van der Waals surface area contributed by atoms with E-state index in [0.717, 1.165) is 30.9 Å². The van der Waals surface area contributed by atoms with Gasteiger partial charge in [0, 0.05) is 19.6 Å². The Labute approximate surface area is 126 Å². The van der Waals surface area contributed by atoms with E-state index < -0.39 is 5.60 Å². The number of nitrogens with zero attached hydrogens (tertiary/aromatic N) is 1. The number of para-hydroxylation sites is 2. The number of nitrogen functional groups attached to an aromatic ring is 1. The molecule has 1 aliphatic rings. The highest BCUT2D eigenvalue weighted by atomic mass is 16.6. The maximum Gasteiger partial charge on any atom is 0.407 e. The van der Waals surface area contributed by atoms with Gasteiger partial charge in [0.2, 0.25) is 0 Å². The minimum Gasteiger partial charge on any atom is -0.444 e. The fourth-order valence-electron chi connectivity index (χ4n) is 2.54. The predicted molar refractivity (Wildman–Crippen MR) is 85.4 cm³/mol. The van der Waals surface area contributed by atoms with Gasteiger partial charge in [0.05, 0.1) is 11.4 Å². The Kier molecular flexibility index (Phi) is 4.60. The molecule has 1 fully saturated rings. The van der Waals surface area contributed by atoms with Crippen molar-refractivity contribution in [1.29, 1.82) is 0 Å². The molecule has 0 saturated carbocycles. The normalized spacial score (nSPS) is 18.6. The molecule has 1 amide bonds. The van der Waals surface area contributed by atoms with E-state index in [9.17, 15) is 4.79 Å². The number of benzene rings is 1. The summed E-state index contributed by atoms with van der Waals surface area (Å²) in [5, 5.41) is 2.85. The lowest BCUT2D eigenvalue weighted by Crippen LogP contribution is -2.36. The smallest absolute Gasteiger partial charge is 0.407 e. The number of hydrogen-bond acceptors (Lipinski definition) is 4. The summed E-state index contributed by atoms with van der Waals surface area (Å²) in [6.07, 6.45) is 0.699. The summed E-state index contributed by atoms with van der Waals surface area (Å²) in [7, 11) is 0. The van der Waals surface area contributed by atoms with Crippen molar-refractivity contribution in [2.75, 3.05) is 30.3 Å². The highest BCUT2D eigenvalue weighted by molar-refractivity contribution is 5.68. The molecule has 3 N–H and O–H groups in total. The first-order valence-electron chi connectivity index (χ1n) is 7.41. The maximum absolute atomic E-state index is 11.7. The number of nitrogens with one attached hydrogen (secondary N) is 1. The van der Waals surface area contributed by atoms with Gasteiger partial charge in [0.1, 0.15) is 5.60 Å². The highest BCUT2D eigenvalue weighted by Crippen LogP contribution is 2.28. The van der Waals surface area contributed by atoms with E-state index in [1.807, 2.05) is 45.0 Å². The van der Waals surface area contributed by atoms with E-state index >= 15 is 0 Å². The Balaban J connectivity index is 1.81. The molecule has 1 aromatic carbocycles. The number of amides is 1. The summed E-state index contributed by atoms with van der Waals surface area (Å²) >= 11 is 0. The van der Waals surface area contributed by atoms with Crippen LogP contribution < -0.4 is 16.0 Å². The molecule has 1 saturated heterocycles. The number of anilines is 2. The van der Waals surface area contributed by atoms with Crippen molar-refractivity contribution < 1.29 is 9.53 Å². The molecule has 0 radical (unpaired) electrons. The van der Waals surface area contributed by atoms with Crippen molar-refractivity contribution in [2.45, 2.75) is 32.8 Å². The van der Waals surface area contributed by atoms with Crippen molar-refractivity contribution in [3.63, 3.8) is 0 Å². The molecule has 5 heteroatoms. The monoisotopic (exact) mass is 291 g/mol. The van der Waals surface area contributed by atoms with Gasteiger partial charge in [-0.2, -0.15) is 0 Å². The quantitative estimate of drug-likeness (QED) is 0.840. The number of hydrogen-bond donors (Lipinski definition) is 2. The average Bonchev–Trinajstić information content (AvgIpc) is 2.83. The number of carbonyl (C=O) groups excluding carboxylic acids is 1. The van der Waals surface area contributed by atoms with Gasteiger partial charge in [0.25, 0.3) is 0 Å². The highest BCUT2D eigenvalue weighted by Gasteiger charge is 2.25. The largest absolute Gasteiger partial charge is 0.444 e. The van der Waals surface area contributed by atoms with Gasteiger partial charge in [-0.25, -0.2) is 4.79 Å². The molecule has 2 rings (SSSR count). The summed E-state index contributed by atoms with van der Waals surface area (Å²) in [6, 6.07) is 7.90. The minimum atomic E-state index is -0.454. The Morgan fingerprint density at radius 2 is 2.14 bits per heavy atom. The molecule has 0 aliphatic carbocycles. The second kappa shape index (κ2) is 6.24. The number of nitrogens with two attached hydrogens (primary N) is 1. The van der Waals surface area contributed by atoms with Crippen LogP contribution in [0.15, 0.2) is 24.3 Å². The Bertz CT molecular complexity index is 497. The number of ether oxygens (including phenoxy) is 1. The van der Waals surface area contributed by atoms with Crippen LogP contribution in [-0.4, -0.2) is 31.3 Å². The molecule has 1 atom stereocenters. The molecule has 1 aliphatic heterocycles. The van der Waals surface area contributed by atoms with Crippen LogP contribution in [0.1, 0.15) is 27.2 Å². The standard InChI is InChI=1S/C16H25N3O2/c1-16(2,3)21-15(20)18-10-12-8-9-19(11-12)14-7-5-4-6-13(14)17/h4-7,12H,8-11,17H2,1-3H3,(H,18,20)/t12-/m0/s1. The third-order valence-corrected chi connectivity index (χ3v) is 3.50. The van der Waals surface area contributed by atoms with E-state index in [0.29, 0.717) is 12.5 Å². The van der Waals surface area contributed by atoms with E-state index in [2.05, 4.69) is 10.2 Å². The van der Waals surface area contributed by atoms with Crippen LogP contribution in [0.4, 0.5) is 16.2 Å². The first kappa shape index (κ1) is 15.5. The van der Waals surface area contributed by atoms with Crippen molar-refractivity contribution in [3.05, 3.63) is 24.3 Å². The van der Waals surface area contributed by atoms with Gasteiger partial charge in [-0.3, -0.25) is 0 Å². The molecule has 5 nitrogen and oxygen atoms in total. The van der Waals surface area contributed by atoms with Crippen molar-refractivity contribution in [2.24, 2.45) is 5.92 Å². The van der Waals surface area contributed by atoms with Crippen LogP contribution in [0.25, 0.3) is 0 Å². The molecule has 0 spiro atoms. The Morgan fingerprint density at radius 3 is 2.81 bits per heavy atom. The fourth-order valence-corrected chi connectivity index (χ4v) is 2.54. The van der Waals surface area contributed by atoms with Crippen LogP contribution >= 0.6 is 0 Å². The summed E-state index contributed by atoms with van der Waals surface area (Å²) in [5.41, 5.74) is 7.44. The zero-order chi connectivity index (χ0) is 15.5. The van der Waals surface area contributed by atoms with Crippen molar-refractivity contribution in [3.8, 4) is 0 Å². The van der Waals surface area contributed by atoms with Gasteiger partial charge >= 0.3 is 6.09 Å². The molecular weight excluding hydrogens is 266 g/mol. The third-order valence-electron chi connectivity index (χ3n) is 3.50. The van der Waals surface area contributed by atoms with Crippen LogP contribution in [0.3, 0.4) is 0 Å². The Morgan fingerprint density at radius 1 is 1.43 bits per heavy atom.